The molecule has 1 saturated carbocycles. The Morgan fingerprint density at radius 2 is 1.74 bits per heavy atom. The number of carbonyl (C=O) groups excluding carboxylic acids is 1. The van der Waals surface area contributed by atoms with Crippen LogP contribution in [0.25, 0.3) is 5.70 Å². The van der Waals surface area contributed by atoms with E-state index in [-0.39, 0.29) is 11.3 Å². The Balaban J connectivity index is 1.55. The van der Waals surface area contributed by atoms with E-state index in [2.05, 4.69) is 71.8 Å². The van der Waals surface area contributed by atoms with E-state index in [0.29, 0.717) is 12.6 Å². The number of benzene rings is 3. The third kappa shape index (κ3) is 5.87. The second-order valence-electron chi connectivity index (χ2n) is 12.0. The number of nitrogens with zero attached hydrogens (tertiary/aromatic N) is 3. The smallest absolute Gasteiger partial charge is 0.322 e. The maximum Gasteiger partial charge on any atom is 0.322 e. The molecule has 6 rings (SSSR count). The standard InChI is InChI=1S/C36H40N4O2S/c1-5-42-34-38-39-35(43-23-28-17-16-25(3)20-26(28)4)40(34)32-30-15-8-7-13-27(30)22-36(18-9-6-10-19-36)31(32)33(41)37-29-14-11-12-24(2)21-29/h7-8,11-17,20-21H,5-6,9-10,18-19,22-23H2,1-4H3,(H,37,41). The van der Waals surface area contributed by atoms with Crippen molar-refractivity contribution in [2.45, 2.75) is 77.1 Å². The largest absolute Gasteiger partial charge is 0.464 e. The molecule has 0 saturated heterocycles. The van der Waals surface area contributed by atoms with E-state index in [9.17, 15) is 4.79 Å². The minimum atomic E-state index is -0.279. The Bertz CT molecular complexity index is 1680. The van der Waals surface area contributed by atoms with Crippen LogP contribution in [-0.4, -0.2) is 27.3 Å². The number of aryl methyl sites for hydroxylation is 3. The van der Waals surface area contributed by atoms with Gasteiger partial charge in [0, 0.05) is 28.0 Å². The summed E-state index contributed by atoms with van der Waals surface area (Å²) in [7, 11) is 0. The van der Waals surface area contributed by atoms with E-state index >= 15 is 0 Å². The molecule has 3 aromatic carbocycles. The first-order chi connectivity index (χ1) is 20.9. The van der Waals surface area contributed by atoms with Gasteiger partial charge in [-0.1, -0.05) is 96.3 Å². The Hall–Kier alpha value is -3.84. The number of ether oxygens (including phenoxy) is 1. The molecule has 0 unspecified atom stereocenters. The Morgan fingerprint density at radius 1 is 0.953 bits per heavy atom. The molecule has 0 aliphatic heterocycles. The van der Waals surface area contributed by atoms with E-state index in [1.807, 2.05) is 42.7 Å². The number of nitrogens with one attached hydrogen (secondary N) is 1. The minimum Gasteiger partial charge on any atom is -0.464 e. The zero-order valence-electron chi connectivity index (χ0n) is 25.6. The van der Waals surface area contributed by atoms with Crippen LogP contribution in [0.15, 0.2) is 77.5 Å². The third-order valence-corrected chi connectivity index (χ3v) is 9.82. The van der Waals surface area contributed by atoms with E-state index < -0.39 is 0 Å². The van der Waals surface area contributed by atoms with Crippen LogP contribution in [0.5, 0.6) is 6.01 Å². The van der Waals surface area contributed by atoms with Crippen LogP contribution in [0.4, 0.5) is 5.69 Å². The molecule has 1 aromatic heterocycles. The quantitative estimate of drug-likeness (QED) is 0.209. The number of thioether (sulfide) groups is 1. The molecule has 2 aliphatic carbocycles. The van der Waals surface area contributed by atoms with Crippen LogP contribution in [0.3, 0.4) is 0 Å². The van der Waals surface area contributed by atoms with Gasteiger partial charge < -0.3 is 10.1 Å². The molecule has 43 heavy (non-hydrogen) atoms. The van der Waals surface area contributed by atoms with Crippen LogP contribution in [0.1, 0.15) is 72.4 Å². The number of carbonyl (C=O) groups is 1. The molecule has 222 valence electrons. The highest BCUT2D eigenvalue weighted by molar-refractivity contribution is 7.98. The predicted octanol–water partition coefficient (Wildman–Crippen LogP) is 8.30. The molecule has 0 atom stereocenters. The van der Waals surface area contributed by atoms with E-state index in [1.54, 1.807) is 11.8 Å². The van der Waals surface area contributed by atoms with Crippen molar-refractivity contribution in [1.29, 1.82) is 0 Å². The third-order valence-electron chi connectivity index (χ3n) is 8.84. The van der Waals surface area contributed by atoms with Crippen molar-refractivity contribution in [3.63, 3.8) is 0 Å². The number of rotatable bonds is 8. The fourth-order valence-corrected chi connectivity index (χ4v) is 7.82. The highest BCUT2D eigenvalue weighted by Gasteiger charge is 2.46. The van der Waals surface area contributed by atoms with Crippen LogP contribution < -0.4 is 10.1 Å². The summed E-state index contributed by atoms with van der Waals surface area (Å²) in [5.41, 5.74) is 9.36. The van der Waals surface area contributed by atoms with Crippen LogP contribution >= 0.6 is 11.8 Å². The van der Waals surface area contributed by atoms with Gasteiger partial charge in [-0.2, -0.15) is 0 Å². The average Bonchev–Trinajstić information content (AvgIpc) is 3.38. The molecular weight excluding hydrogens is 552 g/mol. The predicted molar refractivity (Wildman–Crippen MR) is 174 cm³/mol. The van der Waals surface area contributed by atoms with Gasteiger partial charge in [-0.05, 0) is 81.3 Å². The molecule has 6 nitrogen and oxygen atoms in total. The average molecular weight is 593 g/mol. The van der Waals surface area contributed by atoms with Gasteiger partial charge in [-0.25, -0.2) is 4.57 Å². The van der Waals surface area contributed by atoms with Gasteiger partial charge in [0.1, 0.15) is 0 Å². The number of anilines is 1. The number of aromatic nitrogens is 3. The zero-order chi connectivity index (χ0) is 30.0. The number of fused-ring (bicyclic) bond motifs is 1. The second kappa shape index (κ2) is 12.4. The molecule has 7 heteroatoms. The van der Waals surface area contributed by atoms with Crippen LogP contribution in [0.2, 0.25) is 0 Å². The molecule has 0 bridgehead atoms. The summed E-state index contributed by atoms with van der Waals surface area (Å²) in [5, 5.41) is 13.2. The van der Waals surface area contributed by atoms with Crippen molar-refractivity contribution in [2.24, 2.45) is 5.41 Å². The molecule has 1 amide bonds. The summed E-state index contributed by atoms with van der Waals surface area (Å²) < 4.78 is 8.15. The lowest BCUT2D eigenvalue weighted by Crippen LogP contribution is -2.39. The Labute approximate surface area is 259 Å². The van der Waals surface area contributed by atoms with Gasteiger partial charge >= 0.3 is 6.01 Å². The highest BCUT2D eigenvalue weighted by Crippen LogP contribution is 2.53. The summed E-state index contributed by atoms with van der Waals surface area (Å²) in [6.07, 6.45) is 6.19. The van der Waals surface area contributed by atoms with Gasteiger partial charge in [-0.15, -0.1) is 5.10 Å². The summed E-state index contributed by atoms with van der Waals surface area (Å²) in [5.74, 6) is 0.680. The van der Waals surface area contributed by atoms with Crippen molar-refractivity contribution < 1.29 is 9.53 Å². The SMILES string of the molecule is CCOc1nnc(SCc2ccc(C)cc2C)n1C1=C(C(=O)Nc2cccc(C)c2)C2(CCCCC2)Cc2ccccc21. The maximum atomic E-state index is 14.6. The summed E-state index contributed by atoms with van der Waals surface area (Å²) in [4.78, 5) is 14.6. The van der Waals surface area contributed by atoms with Crippen molar-refractivity contribution >= 4 is 29.1 Å². The first-order valence-electron chi connectivity index (χ1n) is 15.4. The number of amides is 1. The first-order valence-corrected chi connectivity index (χ1v) is 16.4. The van der Waals surface area contributed by atoms with E-state index in [0.717, 1.165) is 71.1 Å². The fraction of sp³-hybridized carbons (Fsp3) is 0.361. The van der Waals surface area contributed by atoms with Crippen molar-refractivity contribution in [1.82, 2.24) is 14.8 Å². The lowest BCUT2D eigenvalue weighted by Gasteiger charge is -2.44. The Kier molecular flexibility index (Phi) is 8.44. The first kappa shape index (κ1) is 29.2. The van der Waals surface area contributed by atoms with Gasteiger partial charge in [-0.3, -0.25) is 4.79 Å². The number of hydrogen-bond donors (Lipinski definition) is 1. The molecule has 0 radical (unpaired) electrons. The van der Waals surface area contributed by atoms with E-state index in [1.165, 1.54) is 28.7 Å². The van der Waals surface area contributed by atoms with Crippen LogP contribution in [0, 0.1) is 26.2 Å². The summed E-state index contributed by atoms with van der Waals surface area (Å²) in [6, 6.07) is 23.5. The molecule has 1 spiro atoms. The molecule has 2 aliphatic rings. The Morgan fingerprint density at radius 3 is 2.51 bits per heavy atom. The normalized spacial score (nSPS) is 15.8. The van der Waals surface area contributed by atoms with Crippen molar-refractivity contribution in [2.75, 3.05) is 11.9 Å². The van der Waals surface area contributed by atoms with Crippen LogP contribution in [-0.2, 0) is 17.0 Å². The van der Waals surface area contributed by atoms with Gasteiger partial charge in [0.15, 0.2) is 5.16 Å². The van der Waals surface area contributed by atoms with Gasteiger partial charge in [0.25, 0.3) is 5.91 Å². The molecule has 4 aromatic rings. The summed E-state index contributed by atoms with van der Waals surface area (Å²) in [6.45, 7) is 8.72. The van der Waals surface area contributed by atoms with Gasteiger partial charge in [0.05, 0.1) is 12.3 Å². The number of hydrogen-bond acceptors (Lipinski definition) is 5. The molecule has 1 fully saturated rings. The summed E-state index contributed by atoms with van der Waals surface area (Å²) >= 11 is 1.63. The maximum absolute atomic E-state index is 14.6. The minimum absolute atomic E-state index is 0.0570. The van der Waals surface area contributed by atoms with Gasteiger partial charge in [0.2, 0.25) is 0 Å². The van der Waals surface area contributed by atoms with E-state index in [4.69, 9.17) is 4.74 Å². The zero-order valence-corrected chi connectivity index (χ0v) is 26.4. The lowest BCUT2D eigenvalue weighted by molar-refractivity contribution is -0.114. The van der Waals surface area contributed by atoms with Crippen molar-refractivity contribution in [3.05, 3.63) is 106 Å². The van der Waals surface area contributed by atoms with Crippen molar-refractivity contribution in [3.8, 4) is 6.01 Å². The topological polar surface area (TPSA) is 69.0 Å². The second-order valence-corrected chi connectivity index (χ2v) is 12.9. The molecular formula is C36H40N4O2S. The molecule has 1 heterocycles. The highest BCUT2D eigenvalue weighted by atomic mass is 32.2. The fourth-order valence-electron chi connectivity index (χ4n) is 6.81. The monoisotopic (exact) mass is 592 g/mol. The lowest BCUT2D eigenvalue weighted by atomic mass is 9.61. The molecule has 1 N–H and O–H groups in total.